The van der Waals surface area contributed by atoms with E-state index in [9.17, 15) is 9.59 Å². The minimum Gasteiger partial charge on any atom is -0.497 e. The molecule has 1 aromatic heterocycles. The molecule has 2 heterocycles. The van der Waals surface area contributed by atoms with Gasteiger partial charge in [-0.2, -0.15) is 5.10 Å². The highest BCUT2D eigenvalue weighted by Crippen LogP contribution is 2.28. The van der Waals surface area contributed by atoms with Crippen molar-refractivity contribution in [1.82, 2.24) is 14.7 Å². The first kappa shape index (κ1) is 21.4. The molecule has 1 aliphatic heterocycles. The van der Waals surface area contributed by atoms with Crippen LogP contribution < -0.4 is 10.1 Å². The number of ether oxygens (including phenoxy) is 1. The molecule has 0 unspecified atom stereocenters. The molecule has 0 radical (unpaired) electrons. The van der Waals surface area contributed by atoms with Crippen molar-refractivity contribution in [2.24, 2.45) is 13.0 Å². The second-order valence-electron chi connectivity index (χ2n) is 8.66. The molecule has 166 valence electrons. The average molecular weight is 425 g/mol. The van der Waals surface area contributed by atoms with Gasteiger partial charge in [-0.3, -0.25) is 14.3 Å². The first-order valence-corrected chi connectivity index (χ1v) is 11.3. The predicted molar refractivity (Wildman–Crippen MR) is 119 cm³/mol. The third-order valence-corrected chi connectivity index (χ3v) is 6.56. The number of rotatable bonds is 6. The molecule has 1 N–H and O–H groups in total. The Labute approximate surface area is 183 Å². The highest BCUT2D eigenvalue weighted by Gasteiger charge is 2.30. The molecular weight excluding hydrogens is 392 g/mol. The molecule has 0 spiro atoms. The number of hydrogen-bond donors (Lipinski definition) is 1. The summed E-state index contributed by atoms with van der Waals surface area (Å²) in [6.07, 6.45) is 7.47. The summed E-state index contributed by atoms with van der Waals surface area (Å²) in [7, 11) is 3.50. The second-order valence-corrected chi connectivity index (χ2v) is 8.66. The van der Waals surface area contributed by atoms with E-state index in [1.807, 2.05) is 36.2 Å². The third kappa shape index (κ3) is 4.92. The number of likely N-dealkylation sites (tertiary alicyclic amines) is 1. The molecule has 1 fully saturated rings. The van der Waals surface area contributed by atoms with Crippen LogP contribution in [0.1, 0.15) is 60.3 Å². The van der Waals surface area contributed by atoms with Crippen LogP contribution in [0, 0.1) is 5.92 Å². The van der Waals surface area contributed by atoms with Crippen LogP contribution >= 0.6 is 0 Å². The Hall–Kier alpha value is -2.83. The molecule has 1 aliphatic carbocycles. The maximum Gasteiger partial charge on any atom is 0.272 e. The van der Waals surface area contributed by atoms with Gasteiger partial charge in [-0.25, -0.2) is 0 Å². The van der Waals surface area contributed by atoms with Gasteiger partial charge in [0.15, 0.2) is 0 Å². The van der Waals surface area contributed by atoms with Crippen LogP contribution in [0.4, 0.5) is 5.69 Å². The van der Waals surface area contributed by atoms with Gasteiger partial charge in [-0.05, 0) is 63.0 Å². The zero-order valence-electron chi connectivity index (χ0n) is 18.5. The van der Waals surface area contributed by atoms with E-state index in [0.717, 1.165) is 86.4 Å². The summed E-state index contributed by atoms with van der Waals surface area (Å²) < 4.78 is 6.98. The number of amides is 2. The molecule has 1 saturated heterocycles. The van der Waals surface area contributed by atoms with Gasteiger partial charge in [0.2, 0.25) is 5.91 Å². The first-order chi connectivity index (χ1) is 15.0. The highest BCUT2D eigenvalue weighted by atomic mass is 16.5. The molecule has 2 aromatic rings. The minimum atomic E-state index is 0.0215. The van der Waals surface area contributed by atoms with E-state index in [1.54, 1.807) is 11.8 Å². The molecule has 1 aromatic carbocycles. The molecule has 7 heteroatoms. The summed E-state index contributed by atoms with van der Waals surface area (Å²) in [4.78, 5) is 27.5. The minimum absolute atomic E-state index is 0.0215. The third-order valence-electron chi connectivity index (χ3n) is 6.56. The number of benzene rings is 1. The molecule has 2 amide bonds. The van der Waals surface area contributed by atoms with Crippen molar-refractivity contribution in [1.29, 1.82) is 0 Å². The summed E-state index contributed by atoms with van der Waals surface area (Å²) in [6.45, 7) is 1.50. The van der Waals surface area contributed by atoms with Gasteiger partial charge in [0.1, 0.15) is 11.4 Å². The molecule has 0 atom stereocenters. The van der Waals surface area contributed by atoms with Crippen molar-refractivity contribution in [2.75, 3.05) is 25.5 Å². The quantitative estimate of drug-likeness (QED) is 0.769. The molecule has 7 nitrogen and oxygen atoms in total. The lowest BCUT2D eigenvalue weighted by molar-refractivity contribution is -0.116. The molecule has 4 rings (SSSR count). The molecule has 0 bridgehead atoms. The Kier molecular flexibility index (Phi) is 6.59. The fraction of sp³-hybridized carbons (Fsp3) is 0.542. The number of anilines is 1. The number of piperidine rings is 1. The first-order valence-electron chi connectivity index (χ1n) is 11.3. The van der Waals surface area contributed by atoms with Crippen LogP contribution in [0.25, 0.3) is 0 Å². The van der Waals surface area contributed by atoms with E-state index in [0.29, 0.717) is 12.3 Å². The summed E-state index contributed by atoms with van der Waals surface area (Å²) >= 11 is 0. The van der Waals surface area contributed by atoms with Crippen LogP contribution in [-0.4, -0.2) is 46.7 Å². The Morgan fingerprint density at radius 1 is 1.19 bits per heavy atom. The zero-order valence-corrected chi connectivity index (χ0v) is 18.5. The number of methoxy groups -OCH3 is 1. The summed E-state index contributed by atoms with van der Waals surface area (Å²) in [5, 5.41) is 7.54. The monoisotopic (exact) mass is 424 g/mol. The van der Waals surface area contributed by atoms with Gasteiger partial charge in [0, 0.05) is 43.9 Å². The molecule has 0 saturated carbocycles. The van der Waals surface area contributed by atoms with Crippen molar-refractivity contribution in [3.05, 3.63) is 41.2 Å². The van der Waals surface area contributed by atoms with E-state index in [-0.39, 0.29) is 11.8 Å². The Morgan fingerprint density at radius 2 is 1.97 bits per heavy atom. The van der Waals surface area contributed by atoms with Crippen LogP contribution in [0.2, 0.25) is 0 Å². The predicted octanol–water partition coefficient (Wildman–Crippen LogP) is 3.58. The number of nitrogens with zero attached hydrogens (tertiary/aromatic N) is 3. The van der Waals surface area contributed by atoms with E-state index in [1.165, 1.54) is 0 Å². The summed E-state index contributed by atoms with van der Waals surface area (Å²) in [6, 6.07) is 7.40. The van der Waals surface area contributed by atoms with Gasteiger partial charge in [0.05, 0.1) is 12.8 Å². The van der Waals surface area contributed by atoms with E-state index >= 15 is 0 Å². The maximum absolute atomic E-state index is 13.2. The summed E-state index contributed by atoms with van der Waals surface area (Å²) in [5.41, 5.74) is 3.80. The Morgan fingerprint density at radius 3 is 2.74 bits per heavy atom. The maximum atomic E-state index is 13.2. The van der Waals surface area contributed by atoms with Crippen molar-refractivity contribution in [2.45, 2.75) is 51.4 Å². The number of nitrogens with one attached hydrogen (secondary N) is 1. The fourth-order valence-corrected chi connectivity index (χ4v) is 4.78. The Bertz CT molecular complexity index is 944. The van der Waals surface area contributed by atoms with Crippen LogP contribution in [0.3, 0.4) is 0 Å². The topological polar surface area (TPSA) is 76.5 Å². The van der Waals surface area contributed by atoms with Crippen LogP contribution in [0.15, 0.2) is 24.3 Å². The van der Waals surface area contributed by atoms with Crippen molar-refractivity contribution in [3.63, 3.8) is 0 Å². The zero-order chi connectivity index (χ0) is 21.8. The van der Waals surface area contributed by atoms with Crippen LogP contribution in [0.5, 0.6) is 5.75 Å². The smallest absolute Gasteiger partial charge is 0.272 e. The number of carbonyl (C=O) groups is 2. The Balaban J connectivity index is 1.26. The number of hydrogen-bond acceptors (Lipinski definition) is 4. The second kappa shape index (κ2) is 9.54. The van der Waals surface area contributed by atoms with Crippen molar-refractivity contribution in [3.8, 4) is 5.75 Å². The number of aromatic nitrogens is 2. The fourth-order valence-electron chi connectivity index (χ4n) is 4.78. The number of aryl methyl sites for hydroxylation is 2. The lowest BCUT2D eigenvalue weighted by Gasteiger charge is -2.32. The standard InChI is InChI=1S/C24H32N4O3/c1-27-23(20-8-3-4-9-21(20)26-27)24(30)28-14-12-17(13-15-28)10-11-22(29)25-18-6-5-7-19(16-18)31-2/h5-7,16-17H,3-4,8-15H2,1-2H3,(H,25,29). The van der Waals surface area contributed by atoms with Crippen molar-refractivity contribution < 1.29 is 14.3 Å². The van der Waals surface area contributed by atoms with Gasteiger partial charge in [-0.1, -0.05) is 6.07 Å². The van der Waals surface area contributed by atoms with Crippen molar-refractivity contribution >= 4 is 17.5 Å². The van der Waals surface area contributed by atoms with Gasteiger partial charge < -0.3 is 15.0 Å². The number of carbonyl (C=O) groups excluding carboxylic acids is 2. The SMILES string of the molecule is COc1cccc(NC(=O)CCC2CCN(C(=O)c3c4c(nn3C)CCCC4)CC2)c1. The average Bonchev–Trinajstić information content (AvgIpc) is 3.13. The van der Waals surface area contributed by atoms with Crippen LogP contribution in [-0.2, 0) is 24.7 Å². The highest BCUT2D eigenvalue weighted by molar-refractivity contribution is 5.94. The van der Waals surface area contributed by atoms with Gasteiger partial charge in [-0.15, -0.1) is 0 Å². The molecule has 31 heavy (non-hydrogen) atoms. The number of fused-ring (bicyclic) bond motifs is 1. The molecule has 2 aliphatic rings. The lowest BCUT2D eigenvalue weighted by atomic mass is 9.91. The van der Waals surface area contributed by atoms with E-state index in [4.69, 9.17) is 4.74 Å². The lowest BCUT2D eigenvalue weighted by Crippen LogP contribution is -2.39. The van der Waals surface area contributed by atoms with E-state index in [2.05, 4.69) is 10.4 Å². The normalized spacial score (nSPS) is 16.6. The molecular formula is C24H32N4O3. The van der Waals surface area contributed by atoms with Gasteiger partial charge >= 0.3 is 0 Å². The summed E-state index contributed by atoms with van der Waals surface area (Å²) in [5.74, 6) is 1.34. The largest absolute Gasteiger partial charge is 0.497 e. The van der Waals surface area contributed by atoms with Gasteiger partial charge in [0.25, 0.3) is 5.91 Å². The van der Waals surface area contributed by atoms with E-state index < -0.39 is 0 Å².